The Morgan fingerprint density at radius 3 is 2.52 bits per heavy atom. The van der Waals surface area contributed by atoms with E-state index in [-0.39, 0.29) is 24.9 Å². The van der Waals surface area contributed by atoms with Crippen molar-refractivity contribution in [1.82, 2.24) is 9.62 Å². The molecule has 29 heavy (non-hydrogen) atoms. The van der Waals surface area contributed by atoms with Gasteiger partial charge in [-0.3, -0.25) is 4.79 Å². The minimum absolute atomic E-state index is 0.0839. The Balaban J connectivity index is 1.54. The highest BCUT2D eigenvalue weighted by molar-refractivity contribution is 9.10. The van der Waals surface area contributed by atoms with Crippen LogP contribution in [0.3, 0.4) is 0 Å². The molecular weight excluding hydrogens is 466 g/mol. The SMILES string of the molecule is O=C(NCCc1ccccc1Br)C1CCN(S(=O)(=O)c2cc(F)ccc2F)CC1. The summed E-state index contributed by atoms with van der Waals surface area (Å²) in [5, 5.41) is 2.89. The zero-order valence-corrected chi connectivity index (χ0v) is 18.0. The smallest absolute Gasteiger partial charge is 0.246 e. The molecule has 1 amide bonds. The fraction of sp³-hybridized carbons (Fsp3) is 0.350. The molecule has 0 atom stereocenters. The van der Waals surface area contributed by atoms with E-state index in [9.17, 15) is 22.0 Å². The van der Waals surface area contributed by atoms with Gasteiger partial charge in [-0.1, -0.05) is 34.1 Å². The van der Waals surface area contributed by atoms with Crippen LogP contribution in [-0.4, -0.2) is 38.3 Å². The average Bonchev–Trinajstić information content (AvgIpc) is 2.71. The van der Waals surface area contributed by atoms with Crippen LogP contribution >= 0.6 is 15.9 Å². The molecule has 1 aliphatic rings. The van der Waals surface area contributed by atoms with E-state index in [4.69, 9.17) is 0 Å². The third-order valence-electron chi connectivity index (χ3n) is 4.99. The maximum absolute atomic E-state index is 13.9. The van der Waals surface area contributed by atoms with Crippen LogP contribution in [0.2, 0.25) is 0 Å². The fourth-order valence-electron chi connectivity index (χ4n) is 3.34. The van der Waals surface area contributed by atoms with Gasteiger partial charge >= 0.3 is 0 Å². The molecule has 0 spiro atoms. The van der Waals surface area contributed by atoms with Gasteiger partial charge in [-0.05, 0) is 49.1 Å². The first-order valence-corrected chi connectivity index (χ1v) is 11.5. The van der Waals surface area contributed by atoms with E-state index in [2.05, 4.69) is 21.2 Å². The van der Waals surface area contributed by atoms with E-state index in [1.54, 1.807) is 0 Å². The Morgan fingerprint density at radius 1 is 1.14 bits per heavy atom. The number of nitrogens with zero attached hydrogens (tertiary/aromatic N) is 1. The molecule has 9 heteroatoms. The fourth-order valence-corrected chi connectivity index (χ4v) is 5.37. The van der Waals surface area contributed by atoms with Crippen molar-refractivity contribution in [2.75, 3.05) is 19.6 Å². The molecule has 0 unspecified atom stereocenters. The number of rotatable bonds is 6. The van der Waals surface area contributed by atoms with Crippen molar-refractivity contribution in [1.29, 1.82) is 0 Å². The van der Waals surface area contributed by atoms with Gasteiger partial charge in [0.15, 0.2) is 0 Å². The Kier molecular flexibility index (Phi) is 7.02. The maximum Gasteiger partial charge on any atom is 0.246 e. The molecule has 0 saturated carbocycles. The Labute approximate surface area is 177 Å². The number of hydrogen-bond donors (Lipinski definition) is 1. The number of hydrogen-bond acceptors (Lipinski definition) is 3. The van der Waals surface area contributed by atoms with Crippen molar-refractivity contribution in [2.45, 2.75) is 24.2 Å². The highest BCUT2D eigenvalue weighted by atomic mass is 79.9. The van der Waals surface area contributed by atoms with Gasteiger partial charge in [0.05, 0.1) is 0 Å². The predicted octanol–water partition coefficient (Wildman–Crippen LogP) is 3.49. The van der Waals surface area contributed by atoms with E-state index in [0.29, 0.717) is 31.9 Å². The molecule has 0 radical (unpaired) electrons. The van der Waals surface area contributed by atoms with Gasteiger partial charge in [0, 0.05) is 30.0 Å². The summed E-state index contributed by atoms with van der Waals surface area (Å²) < 4.78 is 54.6. The van der Waals surface area contributed by atoms with E-state index >= 15 is 0 Å². The summed E-state index contributed by atoms with van der Waals surface area (Å²) >= 11 is 3.47. The first-order valence-electron chi connectivity index (χ1n) is 9.25. The number of halogens is 3. The van der Waals surface area contributed by atoms with Crippen LogP contribution < -0.4 is 5.32 Å². The molecule has 5 nitrogen and oxygen atoms in total. The van der Waals surface area contributed by atoms with Gasteiger partial charge in [-0.25, -0.2) is 17.2 Å². The minimum atomic E-state index is -4.14. The number of piperidine rings is 1. The molecule has 156 valence electrons. The highest BCUT2D eigenvalue weighted by Gasteiger charge is 2.33. The number of amides is 1. The van der Waals surface area contributed by atoms with Crippen LogP contribution in [0.1, 0.15) is 18.4 Å². The van der Waals surface area contributed by atoms with Crippen molar-refractivity contribution in [3.05, 3.63) is 64.1 Å². The third-order valence-corrected chi connectivity index (χ3v) is 7.67. The number of benzene rings is 2. The molecule has 3 rings (SSSR count). The highest BCUT2D eigenvalue weighted by Crippen LogP contribution is 2.26. The summed E-state index contributed by atoms with van der Waals surface area (Å²) in [5.41, 5.74) is 1.09. The van der Waals surface area contributed by atoms with Crippen molar-refractivity contribution < 1.29 is 22.0 Å². The molecule has 1 N–H and O–H groups in total. The summed E-state index contributed by atoms with van der Waals surface area (Å²) in [6, 6.07) is 10.1. The van der Waals surface area contributed by atoms with E-state index in [1.807, 2.05) is 24.3 Å². The van der Waals surface area contributed by atoms with Crippen LogP contribution in [0.4, 0.5) is 8.78 Å². The molecule has 0 bridgehead atoms. The largest absolute Gasteiger partial charge is 0.356 e. The molecule has 0 aliphatic carbocycles. The second-order valence-electron chi connectivity index (χ2n) is 6.89. The van der Waals surface area contributed by atoms with Gasteiger partial charge in [-0.2, -0.15) is 4.31 Å². The minimum Gasteiger partial charge on any atom is -0.356 e. The second kappa shape index (κ2) is 9.32. The Hall–Kier alpha value is -1.84. The van der Waals surface area contributed by atoms with Crippen LogP contribution in [0.15, 0.2) is 51.8 Å². The van der Waals surface area contributed by atoms with E-state index in [0.717, 1.165) is 26.5 Å². The topological polar surface area (TPSA) is 66.5 Å². The molecule has 2 aromatic rings. The summed E-state index contributed by atoms with van der Waals surface area (Å²) in [5.74, 6) is -2.23. The molecule has 0 aromatic heterocycles. The zero-order chi connectivity index (χ0) is 21.0. The van der Waals surface area contributed by atoms with Crippen LogP contribution in [0, 0.1) is 17.6 Å². The molecule has 1 saturated heterocycles. The molecule has 1 fully saturated rings. The van der Waals surface area contributed by atoms with Crippen LogP contribution in [-0.2, 0) is 21.2 Å². The Morgan fingerprint density at radius 2 is 1.83 bits per heavy atom. The third kappa shape index (κ3) is 5.21. The average molecular weight is 487 g/mol. The summed E-state index contributed by atoms with van der Waals surface area (Å²) in [6.07, 6.45) is 1.34. The van der Waals surface area contributed by atoms with Crippen molar-refractivity contribution in [2.24, 2.45) is 5.92 Å². The van der Waals surface area contributed by atoms with Gasteiger partial charge < -0.3 is 5.32 Å². The standard InChI is InChI=1S/C20H21BrF2N2O3S/c21-17-4-2-1-3-14(17)7-10-24-20(26)15-8-11-25(12-9-15)29(27,28)19-13-16(22)5-6-18(19)23/h1-6,13,15H,7-12H2,(H,24,26). The van der Waals surface area contributed by atoms with Gasteiger partial charge in [0.2, 0.25) is 15.9 Å². The molecular formula is C20H21BrF2N2O3S. The predicted molar refractivity (Wildman–Crippen MR) is 109 cm³/mol. The van der Waals surface area contributed by atoms with Crippen molar-refractivity contribution in [3.8, 4) is 0 Å². The number of nitrogens with one attached hydrogen (secondary N) is 1. The number of sulfonamides is 1. The number of carbonyl (C=O) groups is 1. The van der Waals surface area contributed by atoms with E-state index < -0.39 is 26.6 Å². The first-order chi connectivity index (χ1) is 13.8. The lowest BCUT2D eigenvalue weighted by atomic mass is 9.97. The van der Waals surface area contributed by atoms with Gasteiger partial charge in [-0.15, -0.1) is 0 Å². The molecule has 1 aliphatic heterocycles. The van der Waals surface area contributed by atoms with Gasteiger partial charge in [0.25, 0.3) is 0 Å². The van der Waals surface area contributed by atoms with Gasteiger partial charge in [0.1, 0.15) is 16.5 Å². The molecule has 2 aromatic carbocycles. The quantitative estimate of drug-likeness (QED) is 0.679. The summed E-state index contributed by atoms with van der Waals surface area (Å²) in [4.78, 5) is 11.7. The normalized spacial score (nSPS) is 16.0. The van der Waals surface area contributed by atoms with Crippen LogP contribution in [0.25, 0.3) is 0 Å². The van der Waals surface area contributed by atoms with Crippen molar-refractivity contribution in [3.63, 3.8) is 0 Å². The number of carbonyl (C=O) groups excluding carboxylic acids is 1. The maximum atomic E-state index is 13.9. The monoisotopic (exact) mass is 486 g/mol. The second-order valence-corrected chi connectivity index (χ2v) is 9.65. The first kappa shape index (κ1) is 21.9. The Bertz CT molecular complexity index is 993. The van der Waals surface area contributed by atoms with Crippen LogP contribution in [0.5, 0.6) is 0 Å². The lowest BCUT2D eigenvalue weighted by Gasteiger charge is -2.30. The summed E-state index contributed by atoms with van der Waals surface area (Å²) in [7, 11) is -4.14. The zero-order valence-electron chi connectivity index (χ0n) is 15.6. The van der Waals surface area contributed by atoms with E-state index in [1.165, 1.54) is 0 Å². The van der Waals surface area contributed by atoms with Crippen molar-refractivity contribution >= 4 is 31.9 Å². The lowest BCUT2D eigenvalue weighted by molar-refractivity contribution is -0.126. The molecule has 1 heterocycles. The summed E-state index contributed by atoms with van der Waals surface area (Å²) in [6.45, 7) is 0.648. The lowest BCUT2D eigenvalue weighted by Crippen LogP contribution is -2.43.